The summed E-state index contributed by atoms with van der Waals surface area (Å²) in [6.07, 6.45) is -10.8. The first-order valence-electron chi connectivity index (χ1n) is 28.4. The molecule has 0 saturated carbocycles. The van der Waals surface area contributed by atoms with E-state index in [4.69, 9.17) is 86.3 Å². The molecule has 1 rings (SSSR count). The Hall–Kier alpha value is -4.36. The van der Waals surface area contributed by atoms with Gasteiger partial charge in [-0.3, -0.25) is 38.4 Å². The highest BCUT2D eigenvalue weighted by molar-refractivity contribution is 6.78. The van der Waals surface area contributed by atoms with Crippen LogP contribution >= 0.6 is 34.8 Å². The van der Waals surface area contributed by atoms with Crippen LogP contribution in [-0.4, -0.2) is 181 Å². The van der Waals surface area contributed by atoms with Crippen molar-refractivity contribution in [1.29, 1.82) is 0 Å². The van der Waals surface area contributed by atoms with Crippen LogP contribution in [0.2, 0.25) is 33.2 Å². The summed E-state index contributed by atoms with van der Waals surface area (Å²) < 4.78 is 61.0. The molecule has 4 amide bonds. The molecule has 0 aromatic rings. The van der Waals surface area contributed by atoms with Crippen molar-refractivity contribution in [2.24, 2.45) is 5.92 Å². The van der Waals surface area contributed by atoms with Gasteiger partial charge < -0.3 is 72.8 Å². The Balaban J connectivity index is 4.28. The van der Waals surface area contributed by atoms with Gasteiger partial charge in [-0.25, -0.2) is 9.59 Å². The summed E-state index contributed by atoms with van der Waals surface area (Å²) in [7, 11) is -3.29. The molecule has 0 bridgehead atoms. The molecule has 1 aliphatic heterocycles. The van der Waals surface area contributed by atoms with E-state index in [-0.39, 0.29) is 46.3 Å². The molecule has 490 valence electrons. The summed E-state index contributed by atoms with van der Waals surface area (Å²) in [6, 6.07) is -6.64. The smallest absolute Gasteiger partial charge is 0.408 e. The third kappa shape index (κ3) is 24.3. The van der Waals surface area contributed by atoms with Gasteiger partial charge in [0.1, 0.15) is 55.0 Å². The molecule has 0 aromatic heterocycles. The molecule has 1 saturated heterocycles. The lowest BCUT2D eigenvalue weighted by molar-refractivity contribution is -0.299. The highest BCUT2D eigenvalue weighted by Gasteiger charge is 2.56. The van der Waals surface area contributed by atoms with Crippen molar-refractivity contribution >= 4 is 111 Å². The van der Waals surface area contributed by atoms with Crippen LogP contribution in [0.1, 0.15) is 144 Å². The summed E-state index contributed by atoms with van der Waals surface area (Å²) in [4.78, 5) is 136. The monoisotopic (exact) mass is 1310 g/mol. The topological polar surface area (TPSA) is 320 Å². The number of ether oxygens (including phenoxy) is 9. The van der Waals surface area contributed by atoms with E-state index in [9.17, 15) is 38.4 Å². The van der Waals surface area contributed by atoms with Crippen molar-refractivity contribution in [3.8, 4) is 0 Å². The number of alkyl carbamates (subject to hydrolysis) is 1. The number of methoxy groups -OCH3 is 2. The molecule has 30 heteroatoms. The highest BCUT2D eigenvalue weighted by Crippen LogP contribution is 2.44. The van der Waals surface area contributed by atoms with Crippen LogP contribution in [0, 0.1) is 5.92 Å². The zero-order chi connectivity index (χ0) is 65.9. The van der Waals surface area contributed by atoms with Crippen LogP contribution in [0.3, 0.4) is 0 Å². The Bertz CT molecular complexity index is 2220. The number of carbonyl (C=O) groups excluding carboxylic acids is 10. The molecular formula is C55H95Cl3N4O21Si2. The summed E-state index contributed by atoms with van der Waals surface area (Å²) in [6.45, 7) is 30.7. The molecule has 10 atom stereocenters. The van der Waals surface area contributed by atoms with E-state index in [1.165, 1.54) is 6.92 Å². The molecule has 4 N–H and O–H groups in total. The number of halogens is 3. The van der Waals surface area contributed by atoms with Crippen LogP contribution in [0.5, 0.6) is 0 Å². The Kier molecular flexibility index (Phi) is 32.4. The maximum Gasteiger partial charge on any atom is 0.408 e. The van der Waals surface area contributed by atoms with Crippen LogP contribution in [0.15, 0.2) is 0 Å². The maximum atomic E-state index is 15.2. The van der Waals surface area contributed by atoms with Crippen molar-refractivity contribution in [3.63, 3.8) is 0 Å². The molecule has 0 unspecified atom stereocenters. The quantitative estimate of drug-likeness (QED) is 0.0229. The highest BCUT2D eigenvalue weighted by atomic mass is 35.6. The molecule has 0 radical (unpaired) electrons. The molecular weight excluding hydrogens is 1220 g/mol. The number of hydrogen-bond acceptors (Lipinski definition) is 21. The first-order chi connectivity index (χ1) is 39.0. The molecule has 0 aliphatic carbocycles. The van der Waals surface area contributed by atoms with E-state index in [2.05, 4.69) is 21.3 Å². The van der Waals surface area contributed by atoms with Gasteiger partial charge in [-0.15, -0.1) is 0 Å². The van der Waals surface area contributed by atoms with E-state index in [1.54, 1.807) is 20.8 Å². The lowest BCUT2D eigenvalue weighted by atomic mass is 9.90. The molecule has 1 aliphatic rings. The lowest BCUT2D eigenvalue weighted by Gasteiger charge is -2.45. The fourth-order valence-electron chi connectivity index (χ4n) is 11.0. The van der Waals surface area contributed by atoms with Gasteiger partial charge in [0.15, 0.2) is 35.1 Å². The predicted molar refractivity (Wildman–Crippen MR) is 318 cm³/mol. The average molecular weight is 1310 g/mol. The van der Waals surface area contributed by atoms with Crippen molar-refractivity contribution in [1.82, 2.24) is 21.3 Å². The van der Waals surface area contributed by atoms with E-state index in [0.29, 0.717) is 0 Å². The van der Waals surface area contributed by atoms with Crippen LogP contribution < -0.4 is 21.3 Å². The molecule has 1 heterocycles. The third-order valence-electron chi connectivity index (χ3n) is 14.5. The second kappa shape index (κ2) is 35.0. The van der Waals surface area contributed by atoms with Crippen molar-refractivity contribution < 1.29 is 99.4 Å². The summed E-state index contributed by atoms with van der Waals surface area (Å²) in [5.74, 6) is -10.8. The molecule has 25 nitrogen and oxygen atoms in total. The van der Waals surface area contributed by atoms with E-state index in [1.807, 2.05) is 83.1 Å². The average Bonchev–Trinajstić information content (AvgIpc) is 2.74. The first kappa shape index (κ1) is 78.7. The van der Waals surface area contributed by atoms with E-state index >= 15 is 9.59 Å². The molecule has 1 fully saturated rings. The van der Waals surface area contributed by atoms with E-state index < -0.39 is 173 Å². The van der Waals surface area contributed by atoms with Crippen molar-refractivity contribution in [2.45, 2.75) is 242 Å². The lowest BCUT2D eigenvalue weighted by Crippen LogP contribution is -2.64. The van der Waals surface area contributed by atoms with Gasteiger partial charge in [0.2, 0.25) is 21.5 Å². The summed E-state index contributed by atoms with van der Waals surface area (Å²) >= 11 is 17.8. The number of amides is 4. The molecule has 0 aromatic carbocycles. The Morgan fingerprint density at radius 1 is 0.565 bits per heavy atom. The Morgan fingerprint density at radius 3 is 1.44 bits per heavy atom. The SMILES string of the molecule is COC(=O)CC[C@H](NC(=O)[C@H](CO[Si](C(C)C)(C(C)C)C(C)C)NC(=O)[C@@H](NC(=O)OC(C)(C)C)[C@@H](C)O[C@@H]1O[C@H](COC(C)=O)[C@@H](OC(C)=O)[C@H](OC(C)=O)[C@H]1C(=O)OCC(Cl)(Cl)Cl)C(=O)N[C@@H](CO[Si](C(C)C)(C(C)C)C(C)C)C(=O)OC. The Morgan fingerprint density at radius 2 is 1.01 bits per heavy atom. The second-order valence-electron chi connectivity index (χ2n) is 23.8. The van der Waals surface area contributed by atoms with Gasteiger partial charge in [0.25, 0.3) is 0 Å². The van der Waals surface area contributed by atoms with Gasteiger partial charge in [0, 0.05) is 27.2 Å². The third-order valence-corrected chi connectivity index (χ3v) is 27.0. The van der Waals surface area contributed by atoms with Gasteiger partial charge in [-0.1, -0.05) is 118 Å². The van der Waals surface area contributed by atoms with Crippen molar-refractivity contribution in [2.75, 3.05) is 40.6 Å². The van der Waals surface area contributed by atoms with Crippen molar-refractivity contribution in [3.05, 3.63) is 0 Å². The fourth-order valence-corrected chi connectivity index (χ4v) is 22.1. The standard InChI is InChI=1S/C55H95Cl3N4O21Si2/c1-28(2)84(29(3)4,30(5)6)77-24-39(48(68)59-38(22-23-42(66)73-20)47(67)61-40(50(70)74-21)25-78-85(31(7)8,32(9)10)33(11)12)60-49(69)44(62-53(72)83-54(17,18)19)34(13)79-52-43(51(71)76-27-55(56,57)58)46(81-37(16)65)45(80-36(15)64)41(82-52)26-75-35(14)63/h28-34,38-41,43-46,52H,22-27H2,1-21H3,(H,59,68)(H,60,69)(H,61,67)(H,62,72)/t34-,38+,39+,40+,41-,43+,44+,45-,46-,52-/m1/s1. The van der Waals surface area contributed by atoms with E-state index in [0.717, 1.165) is 35.0 Å². The number of nitrogens with one attached hydrogen (secondary N) is 4. The van der Waals surface area contributed by atoms with Crippen LogP contribution in [0.4, 0.5) is 4.79 Å². The number of carbonyl (C=O) groups is 10. The van der Waals surface area contributed by atoms with Gasteiger partial charge in [-0.05, 0) is 67.4 Å². The molecule has 85 heavy (non-hydrogen) atoms. The number of rotatable bonds is 32. The number of hydrogen-bond donors (Lipinski definition) is 4. The van der Waals surface area contributed by atoms with Crippen LogP contribution in [0.25, 0.3) is 0 Å². The zero-order valence-electron chi connectivity index (χ0n) is 53.2. The van der Waals surface area contributed by atoms with Gasteiger partial charge in [-0.2, -0.15) is 0 Å². The number of alkyl halides is 3. The Labute approximate surface area is 517 Å². The van der Waals surface area contributed by atoms with Crippen LogP contribution in [-0.2, 0) is 94.6 Å². The second-order valence-corrected chi connectivity index (χ2v) is 37.2. The molecule has 0 spiro atoms. The summed E-state index contributed by atoms with van der Waals surface area (Å²) in [5.41, 5.74) is -1.08. The zero-order valence-corrected chi connectivity index (χ0v) is 57.5. The minimum atomic E-state index is -2.93. The minimum Gasteiger partial charge on any atom is -0.469 e. The fraction of sp³-hybridized carbons (Fsp3) is 0.818. The van der Waals surface area contributed by atoms with Gasteiger partial charge >= 0.3 is 41.9 Å². The predicted octanol–water partition coefficient (Wildman–Crippen LogP) is 6.93. The largest absolute Gasteiger partial charge is 0.469 e. The van der Waals surface area contributed by atoms with Gasteiger partial charge in [0.05, 0.1) is 33.5 Å². The minimum absolute atomic E-state index is 0.0624. The first-order valence-corrected chi connectivity index (χ1v) is 33.8. The number of esters is 6. The summed E-state index contributed by atoms with van der Waals surface area (Å²) in [5, 5.41) is 10.4. The maximum absolute atomic E-state index is 15.2. The normalized spacial score (nSPS) is 19.5.